The molecule has 0 bridgehead atoms. The number of benzene rings is 2. The summed E-state index contributed by atoms with van der Waals surface area (Å²) in [4.78, 5) is 14.9. The van der Waals surface area contributed by atoms with Gasteiger partial charge in [-0.3, -0.25) is 4.79 Å². The highest BCUT2D eigenvalue weighted by Gasteiger charge is 2.30. The minimum Gasteiger partial charge on any atom is -0.493 e. The third kappa shape index (κ3) is 2.02. The molecule has 122 valence electrons. The van der Waals surface area contributed by atoms with Crippen molar-refractivity contribution in [3.05, 3.63) is 52.6 Å². The first-order valence-corrected chi connectivity index (χ1v) is 8.63. The number of anilines is 1. The van der Waals surface area contributed by atoms with Crippen molar-refractivity contribution in [2.24, 2.45) is 0 Å². The average Bonchev–Trinajstić information content (AvgIpc) is 3.33. The summed E-state index contributed by atoms with van der Waals surface area (Å²) in [5.41, 5.74) is 5.71. The van der Waals surface area contributed by atoms with E-state index in [1.165, 1.54) is 11.1 Å². The maximum absolute atomic E-state index is 13.0. The van der Waals surface area contributed by atoms with E-state index in [1.807, 2.05) is 23.1 Å². The first-order chi connectivity index (χ1) is 11.8. The van der Waals surface area contributed by atoms with Crippen LogP contribution in [0.2, 0.25) is 0 Å². The van der Waals surface area contributed by atoms with Crippen LogP contribution in [0.4, 0.5) is 5.69 Å². The van der Waals surface area contributed by atoms with Gasteiger partial charge in [-0.15, -0.1) is 0 Å². The van der Waals surface area contributed by atoms with Crippen LogP contribution >= 0.6 is 0 Å². The number of amides is 1. The lowest BCUT2D eigenvalue weighted by Crippen LogP contribution is -2.30. The molecule has 2 aromatic rings. The molecule has 0 saturated heterocycles. The molecule has 0 aromatic heterocycles. The Kier molecular flexibility index (Phi) is 3.05. The van der Waals surface area contributed by atoms with Gasteiger partial charge in [0.05, 0.1) is 19.6 Å². The number of carbonyl (C=O) groups is 1. The zero-order chi connectivity index (χ0) is 16.1. The van der Waals surface area contributed by atoms with Gasteiger partial charge in [0.2, 0.25) is 5.91 Å². The number of rotatable bonds is 2. The van der Waals surface area contributed by atoms with Gasteiger partial charge in [-0.25, -0.2) is 0 Å². The Bertz CT molecular complexity index is 811. The topological polar surface area (TPSA) is 38.8 Å². The molecule has 4 nitrogen and oxygen atoms in total. The molecule has 3 aliphatic heterocycles. The normalized spacial score (nSPS) is 17.1. The van der Waals surface area contributed by atoms with Gasteiger partial charge in [0, 0.05) is 41.8 Å². The van der Waals surface area contributed by atoms with Crippen LogP contribution in [0.1, 0.15) is 22.3 Å². The fraction of sp³-hybridized carbons (Fsp3) is 0.350. The van der Waals surface area contributed by atoms with Crippen LogP contribution < -0.4 is 14.4 Å². The predicted octanol–water partition coefficient (Wildman–Crippen LogP) is 2.69. The number of para-hydroxylation sites is 1. The summed E-state index contributed by atoms with van der Waals surface area (Å²) >= 11 is 0. The summed E-state index contributed by atoms with van der Waals surface area (Å²) in [6, 6.07) is 10.3. The van der Waals surface area contributed by atoms with E-state index in [4.69, 9.17) is 9.47 Å². The molecule has 3 aliphatic rings. The van der Waals surface area contributed by atoms with E-state index in [1.54, 1.807) is 0 Å². The number of carbonyl (C=O) groups excluding carboxylic acids is 1. The lowest BCUT2D eigenvalue weighted by atomic mass is 9.97. The molecule has 24 heavy (non-hydrogen) atoms. The summed E-state index contributed by atoms with van der Waals surface area (Å²) in [5.74, 6) is 2.03. The van der Waals surface area contributed by atoms with Crippen molar-refractivity contribution in [2.45, 2.75) is 25.7 Å². The maximum Gasteiger partial charge on any atom is 0.231 e. The van der Waals surface area contributed by atoms with Gasteiger partial charge in [-0.1, -0.05) is 18.2 Å². The molecule has 0 spiro atoms. The van der Waals surface area contributed by atoms with Gasteiger partial charge in [0.15, 0.2) is 0 Å². The van der Waals surface area contributed by atoms with Crippen LogP contribution in [0.5, 0.6) is 11.5 Å². The SMILES string of the molecule is O=C(Cc1c2c(cc3c1OCC3)OCC2)N1CCc2ccccc21. The van der Waals surface area contributed by atoms with Crippen LogP contribution in [0, 0.1) is 0 Å². The van der Waals surface area contributed by atoms with Crippen molar-refractivity contribution in [3.63, 3.8) is 0 Å². The van der Waals surface area contributed by atoms with Gasteiger partial charge in [-0.05, 0) is 24.1 Å². The van der Waals surface area contributed by atoms with Gasteiger partial charge in [0.25, 0.3) is 0 Å². The molecular formula is C20H19NO3. The second-order valence-corrected chi connectivity index (χ2v) is 6.62. The zero-order valence-corrected chi connectivity index (χ0v) is 13.5. The van der Waals surface area contributed by atoms with Crippen molar-refractivity contribution in [1.82, 2.24) is 0 Å². The second-order valence-electron chi connectivity index (χ2n) is 6.62. The number of ether oxygens (including phenoxy) is 2. The van der Waals surface area contributed by atoms with Crippen LogP contribution in [-0.2, 0) is 30.5 Å². The minimum absolute atomic E-state index is 0.151. The fourth-order valence-electron chi connectivity index (χ4n) is 4.12. The fourth-order valence-corrected chi connectivity index (χ4v) is 4.12. The first kappa shape index (κ1) is 13.9. The zero-order valence-electron chi connectivity index (χ0n) is 13.5. The van der Waals surface area contributed by atoms with Crippen molar-refractivity contribution in [1.29, 1.82) is 0 Å². The molecule has 0 N–H and O–H groups in total. The highest BCUT2D eigenvalue weighted by molar-refractivity contribution is 5.97. The third-order valence-corrected chi connectivity index (χ3v) is 5.28. The maximum atomic E-state index is 13.0. The molecular weight excluding hydrogens is 302 g/mol. The quantitative estimate of drug-likeness (QED) is 0.854. The summed E-state index contributed by atoms with van der Waals surface area (Å²) in [6.45, 7) is 2.17. The van der Waals surface area contributed by atoms with Gasteiger partial charge >= 0.3 is 0 Å². The van der Waals surface area contributed by atoms with Crippen molar-refractivity contribution in [3.8, 4) is 11.5 Å². The third-order valence-electron chi connectivity index (χ3n) is 5.28. The number of hydrogen-bond acceptors (Lipinski definition) is 3. The van der Waals surface area contributed by atoms with Crippen LogP contribution in [0.15, 0.2) is 30.3 Å². The molecule has 5 rings (SSSR count). The largest absolute Gasteiger partial charge is 0.493 e. The Hall–Kier alpha value is -2.49. The molecule has 0 aliphatic carbocycles. The van der Waals surface area contributed by atoms with Crippen LogP contribution in [0.3, 0.4) is 0 Å². The Morgan fingerprint density at radius 1 is 1.04 bits per heavy atom. The van der Waals surface area contributed by atoms with E-state index < -0.39 is 0 Å². The van der Waals surface area contributed by atoms with E-state index in [-0.39, 0.29) is 5.91 Å². The van der Waals surface area contributed by atoms with Gasteiger partial charge < -0.3 is 14.4 Å². The van der Waals surface area contributed by atoms with E-state index in [0.29, 0.717) is 19.6 Å². The number of fused-ring (bicyclic) bond motifs is 3. The molecule has 0 unspecified atom stereocenters. The smallest absolute Gasteiger partial charge is 0.231 e. The van der Waals surface area contributed by atoms with E-state index in [9.17, 15) is 4.79 Å². The highest BCUT2D eigenvalue weighted by Crippen LogP contribution is 2.41. The summed E-state index contributed by atoms with van der Waals surface area (Å²) in [7, 11) is 0. The molecule has 0 fully saturated rings. The standard InChI is InChI=1S/C20H19NO3/c22-19(21-8-5-13-3-1-2-4-17(13)21)12-16-15-7-10-23-18(15)11-14-6-9-24-20(14)16/h1-4,11H,5-10,12H2. The van der Waals surface area contributed by atoms with E-state index >= 15 is 0 Å². The van der Waals surface area contributed by atoms with Crippen molar-refractivity contribution < 1.29 is 14.3 Å². The molecule has 3 heterocycles. The lowest BCUT2D eigenvalue weighted by Gasteiger charge is -2.19. The van der Waals surface area contributed by atoms with Gasteiger partial charge in [0.1, 0.15) is 11.5 Å². The molecule has 1 amide bonds. The monoisotopic (exact) mass is 321 g/mol. The highest BCUT2D eigenvalue weighted by atomic mass is 16.5. The van der Waals surface area contributed by atoms with Crippen molar-refractivity contribution in [2.75, 3.05) is 24.7 Å². The molecule has 0 saturated carbocycles. The Labute approximate surface area is 141 Å². The molecule has 2 aromatic carbocycles. The summed E-state index contributed by atoms with van der Waals surface area (Å²) < 4.78 is 11.6. The summed E-state index contributed by atoms with van der Waals surface area (Å²) in [5, 5.41) is 0. The van der Waals surface area contributed by atoms with E-state index in [0.717, 1.165) is 54.1 Å². The first-order valence-electron chi connectivity index (χ1n) is 8.63. The molecule has 4 heteroatoms. The lowest BCUT2D eigenvalue weighted by molar-refractivity contribution is -0.117. The Morgan fingerprint density at radius 3 is 2.88 bits per heavy atom. The van der Waals surface area contributed by atoms with Crippen LogP contribution in [0.25, 0.3) is 0 Å². The van der Waals surface area contributed by atoms with Crippen molar-refractivity contribution >= 4 is 11.6 Å². The Balaban J connectivity index is 1.50. The number of nitrogens with zero attached hydrogens (tertiary/aromatic N) is 1. The minimum atomic E-state index is 0.151. The van der Waals surface area contributed by atoms with Crippen LogP contribution in [-0.4, -0.2) is 25.7 Å². The molecule has 0 atom stereocenters. The number of hydrogen-bond donors (Lipinski definition) is 0. The second kappa shape index (κ2) is 5.26. The van der Waals surface area contributed by atoms with E-state index in [2.05, 4.69) is 12.1 Å². The average molecular weight is 321 g/mol. The summed E-state index contributed by atoms with van der Waals surface area (Å²) in [6.07, 6.45) is 3.10. The molecule has 0 radical (unpaired) electrons. The Morgan fingerprint density at radius 2 is 1.92 bits per heavy atom. The predicted molar refractivity (Wildman–Crippen MR) is 91.0 cm³/mol. The van der Waals surface area contributed by atoms with Gasteiger partial charge in [-0.2, -0.15) is 0 Å².